The maximum Gasteiger partial charge on any atom is 0.339 e. The van der Waals surface area contributed by atoms with Crippen LogP contribution in [0.4, 0.5) is 15.9 Å². The molecule has 2 aromatic heterocycles. The Morgan fingerprint density at radius 1 is 1.26 bits per heavy atom. The molecule has 1 aromatic carbocycles. The van der Waals surface area contributed by atoms with Crippen LogP contribution in [0.2, 0.25) is 0 Å². The van der Waals surface area contributed by atoms with Crippen LogP contribution in [0.5, 0.6) is 5.75 Å². The van der Waals surface area contributed by atoms with Crippen molar-refractivity contribution in [1.82, 2.24) is 9.38 Å². The lowest BCUT2D eigenvalue weighted by Gasteiger charge is -2.00. The van der Waals surface area contributed by atoms with Crippen molar-refractivity contribution in [2.45, 2.75) is 6.92 Å². The van der Waals surface area contributed by atoms with Crippen LogP contribution in [0.1, 0.15) is 16.1 Å². The number of fused-ring (bicyclic) bond motifs is 1. The number of aromatic carboxylic acids is 1. The number of nitrogens with zero attached hydrogens (tertiary/aromatic N) is 4. The average molecular weight is 314 g/mol. The van der Waals surface area contributed by atoms with Crippen LogP contribution in [0.15, 0.2) is 46.8 Å². The normalized spacial score (nSPS) is 11.4. The van der Waals surface area contributed by atoms with E-state index in [4.69, 9.17) is 5.11 Å². The van der Waals surface area contributed by atoms with Crippen LogP contribution in [-0.2, 0) is 0 Å². The van der Waals surface area contributed by atoms with E-state index in [9.17, 15) is 14.3 Å². The quantitative estimate of drug-likeness (QED) is 0.721. The molecule has 3 aromatic rings. The highest BCUT2D eigenvalue weighted by Crippen LogP contribution is 2.27. The molecule has 0 unspecified atom stereocenters. The van der Waals surface area contributed by atoms with Gasteiger partial charge in [-0.2, -0.15) is 0 Å². The van der Waals surface area contributed by atoms with Gasteiger partial charge in [-0.05, 0) is 37.3 Å². The van der Waals surface area contributed by atoms with Gasteiger partial charge in [0.1, 0.15) is 22.8 Å². The summed E-state index contributed by atoms with van der Waals surface area (Å²) in [6.45, 7) is 1.71. The molecule has 0 aliphatic rings. The first kappa shape index (κ1) is 14.6. The SMILES string of the molecule is Cc1nc2ccc(F)cn2c1N=Nc1ccc(O)c(C(=O)O)c1. The Morgan fingerprint density at radius 3 is 2.78 bits per heavy atom. The van der Waals surface area contributed by atoms with Gasteiger partial charge in [-0.3, -0.25) is 4.40 Å². The summed E-state index contributed by atoms with van der Waals surface area (Å²) >= 11 is 0. The zero-order chi connectivity index (χ0) is 16.6. The number of benzene rings is 1. The Labute approximate surface area is 129 Å². The first-order valence-corrected chi connectivity index (χ1v) is 6.58. The van der Waals surface area contributed by atoms with Crippen molar-refractivity contribution in [3.63, 3.8) is 0 Å². The fourth-order valence-electron chi connectivity index (χ4n) is 2.11. The van der Waals surface area contributed by atoms with Crippen molar-refractivity contribution in [2.24, 2.45) is 10.2 Å². The largest absolute Gasteiger partial charge is 0.507 e. The van der Waals surface area contributed by atoms with E-state index >= 15 is 0 Å². The summed E-state index contributed by atoms with van der Waals surface area (Å²) in [5.74, 6) is -1.73. The molecule has 0 aliphatic heterocycles. The van der Waals surface area contributed by atoms with Gasteiger partial charge in [-0.15, -0.1) is 10.2 Å². The molecule has 0 saturated heterocycles. The Bertz CT molecular complexity index is 949. The highest BCUT2D eigenvalue weighted by atomic mass is 19.1. The van der Waals surface area contributed by atoms with Gasteiger partial charge in [0, 0.05) is 6.20 Å². The van der Waals surface area contributed by atoms with Gasteiger partial charge < -0.3 is 10.2 Å². The fraction of sp³-hybridized carbons (Fsp3) is 0.0667. The second kappa shape index (κ2) is 5.48. The maximum atomic E-state index is 13.4. The molecule has 116 valence electrons. The van der Waals surface area contributed by atoms with Crippen molar-refractivity contribution in [3.8, 4) is 5.75 Å². The minimum atomic E-state index is -1.27. The number of carboxylic acid groups (broad SMARTS) is 1. The Hall–Kier alpha value is -3.29. The number of azo groups is 1. The zero-order valence-electron chi connectivity index (χ0n) is 11.9. The van der Waals surface area contributed by atoms with Crippen molar-refractivity contribution >= 4 is 23.1 Å². The van der Waals surface area contributed by atoms with Crippen molar-refractivity contribution < 1.29 is 19.4 Å². The second-order valence-corrected chi connectivity index (χ2v) is 4.80. The minimum Gasteiger partial charge on any atom is -0.507 e. The van der Waals surface area contributed by atoms with Crippen LogP contribution >= 0.6 is 0 Å². The van der Waals surface area contributed by atoms with Gasteiger partial charge in [-0.1, -0.05) is 0 Å². The predicted molar refractivity (Wildman–Crippen MR) is 79.1 cm³/mol. The summed E-state index contributed by atoms with van der Waals surface area (Å²) in [6.07, 6.45) is 1.24. The molecule has 3 rings (SSSR count). The van der Waals surface area contributed by atoms with Gasteiger partial charge in [0.25, 0.3) is 0 Å². The molecule has 0 radical (unpaired) electrons. The van der Waals surface area contributed by atoms with Gasteiger partial charge in [0.15, 0.2) is 5.82 Å². The van der Waals surface area contributed by atoms with Crippen LogP contribution < -0.4 is 0 Å². The standard InChI is InChI=1S/C15H11FN4O3/c1-8-14(20-7-9(16)2-5-13(20)17-8)19-18-10-3-4-12(21)11(6-10)15(22)23/h2-7,21H,1H3,(H,22,23). The molecule has 0 saturated carbocycles. The predicted octanol–water partition coefficient (Wildman–Crippen LogP) is 3.60. The summed E-state index contributed by atoms with van der Waals surface area (Å²) in [6, 6.07) is 6.65. The number of rotatable bonds is 3. The third-order valence-corrected chi connectivity index (χ3v) is 3.20. The van der Waals surface area contributed by atoms with E-state index in [1.54, 1.807) is 6.92 Å². The lowest BCUT2D eigenvalue weighted by Crippen LogP contribution is -1.95. The van der Waals surface area contributed by atoms with E-state index in [1.807, 2.05) is 0 Å². The van der Waals surface area contributed by atoms with E-state index in [2.05, 4.69) is 15.2 Å². The number of hydrogen-bond donors (Lipinski definition) is 2. The van der Waals surface area contributed by atoms with Crippen molar-refractivity contribution in [2.75, 3.05) is 0 Å². The maximum absolute atomic E-state index is 13.4. The van der Waals surface area contributed by atoms with Gasteiger partial charge in [-0.25, -0.2) is 14.2 Å². The molecule has 0 atom stereocenters. The topological polar surface area (TPSA) is 99.5 Å². The molecule has 2 N–H and O–H groups in total. The molecule has 2 heterocycles. The van der Waals surface area contributed by atoms with Crippen molar-refractivity contribution in [1.29, 1.82) is 0 Å². The lowest BCUT2D eigenvalue weighted by atomic mass is 10.2. The first-order valence-electron chi connectivity index (χ1n) is 6.58. The van der Waals surface area contributed by atoms with E-state index < -0.39 is 11.8 Å². The number of hydrogen-bond acceptors (Lipinski definition) is 5. The highest BCUT2D eigenvalue weighted by Gasteiger charge is 2.11. The zero-order valence-corrected chi connectivity index (χ0v) is 11.9. The number of aromatic hydroxyl groups is 1. The number of imidazole rings is 1. The van der Waals surface area contributed by atoms with E-state index in [0.29, 0.717) is 17.2 Å². The second-order valence-electron chi connectivity index (χ2n) is 4.80. The molecule has 0 amide bonds. The van der Waals surface area contributed by atoms with Gasteiger partial charge >= 0.3 is 5.97 Å². The number of phenols is 1. The third-order valence-electron chi connectivity index (χ3n) is 3.20. The number of carbonyl (C=O) groups is 1. The number of aryl methyl sites for hydroxylation is 1. The monoisotopic (exact) mass is 314 g/mol. The van der Waals surface area contributed by atoms with Crippen LogP contribution in [0.25, 0.3) is 5.65 Å². The molecule has 8 heteroatoms. The molecule has 0 bridgehead atoms. The minimum absolute atomic E-state index is 0.242. The summed E-state index contributed by atoms with van der Waals surface area (Å²) in [7, 11) is 0. The third kappa shape index (κ3) is 2.73. The van der Waals surface area contributed by atoms with E-state index in [1.165, 1.54) is 40.9 Å². The lowest BCUT2D eigenvalue weighted by molar-refractivity contribution is 0.0694. The summed E-state index contributed by atoms with van der Waals surface area (Å²) in [5.41, 5.74) is 1.04. The van der Waals surface area contributed by atoms with Crippen LogP contribution in [0.3, 0.4) is 0 Å². The van der Waals surface area contributed by atoms with Gasteiger partial charge in [0.2, 0.25) is 0 Å². The molecule has 0 aliphatic carbocycles. The van der Waals surface area contributed by atoms with E-state index in [0.717, 1.165) is 0 Å². The number of carboxylic acids is 1. The molecular formula is C15H11FN4O3. The van der Waals surface area contributed by atoms with Gasteiger partial charge in [0.05, 0.1) is 11.4 Å². The number of aromatic nitrogens is 2. The summed E-state index contributed by atoms with van der Waals surface area (Å²) < 4.78 is 14.8. The highest BCUT2D eigenvalue weighted by molar-refractivity contribution is 5.91. The molecule has 0 spiro atoms. The van der Waals surface area contributed by atoms with Crippen molar-refractivity contribution in [3.05, 3.63) is 53.6 Å². The number of halogens is 1. The Kier molecular flexibility index (Phi) is 3.49. The van der Waals surface area contributed by atoms with Crippen LogP contribution in [0, 0.1) is 12.7 Å². The number of pyridine rings is 1. The average Bonchev–Trinajstić information content (AvgIpc) is 2.81. The molecule has 7 nitrogen and oxygen atoms in total. The Balaban J connectivity index is 2.04. The molecule has 23 heavy (non-hydrogen) atoms. The fourth-order valence-corrected chi connectivity index (χ4v) is 2.11. The summed E-state index contributed by atoms with van der Waals surface area (Å²) in [4.78, 5) is 15.2. The Morgan fingerprint density at radius 2 is 2.04 bits per heavy atom. The first-order chi connectivity index (χ1) is 11.0. The molecule has 0 fully saturated rings. The smallest absolute Gasteiger partial charge is 0.339 e. The molecular weight excluding hydrogens is 303 g/mol. The van der Waals surface area contributed by atoms with Crippen LogP contribution in [-0.4, -0.2) is 25.6 Å². The summed E-state index contributed by atoms with van der Waals surface area (Å²) in [5, 5.41) is 26.4. The van der Waals surface area contributed by atoms with E-state index in [-0.39, 0.29) is 17.0 Å².